The van der Waals surface area contributed by atoms with Crippen molar-refractivity contribution in [3.63, 3.8) is 0 Å². The molecule has 4 N–H and O–H groups in total. The zero-order valence-electron chi connectivity index (χ0n) is 8.56. The Morgan fingerprint density at radius 2 is 1.73 bits per heavy atom. The Hall–Kier alpha value is -0.540. The lowest BCUT2D eigenvalue weighted by Gasteiger charge is -2.08. The van der Waals surface area contributed by atoms with Crippen LogP contribution in [-0.2, 0) is 6.42 Å². The van der Waals surface area contributed by atoms with Crippen LogP contribution < -0.4 is 11.5 Å². The Morgan fingerprint density at radius 3 is 2.13 bits per heavy atom. The van der Waals surface area contributed by atoms with Gasteiger partial charge in [-0.3, -0.25) is 0 Å². The second-order valence-corrected chi connectivity index (χ2v) is 3.15. The maximum Gasteiger partial charge on any atom is 0.0203 e. The van der Waals surface area contributed by atoms with Gasteiger partial charge in [-0.05, 0) is 17.5 Å². The van der Waals surface area contributed by atoms with E-state index in [-0.39, 0.29) is 30.9 Å². The molecule has 0 aliphatic heterocycles. The van der Waals surface area contributed by atoms with Crippen molar-refractivity contribution < 1.29 is 0 Å². The van der Waals surface area contributed by atoms with Gasteiger partial charge in [0.05, 0.1) is 0 Å². The minimum atomic E-state index is 0. The number of hydrogen-bond acceptors (Lipinski definition) is 2. The lowest BCUT2D eigenvalue weighted by Crippen LogP contribution is -2.31. The van der Waals surface area contributed by atoms with Gasteiger partial charge in [0.25, 0.3) is 0 Å². The molecule has 15 heavy (non-hydrogen) atoms. The van der Waals surface area contributed by atoms with E-state index in [9.17, 15) is 0 Å². The highest BCUT2D eigenvalue weighted by atomic mass is 35.5. The summed E-state index contributed by atoms with van der Waals surface area (Å²) in [6, 6.07) is 8.26. The molecule has 86 valence electrons. The number of rotatable bonds is 4. The first kappa shape index (κ1) is 16.9. The molecule has 0 aliphatic rings. The molecule has 1 unspecified atom stereocenters. The predicted molar refractivity (Wildman–Crippen MR) is 71.8 cm³/mol. The molecular weight excluding hydrogens is 231 g/mol. The molecule has 0 radical (unpaired) electrons. The minimum absolute atomic E-state index is 0. The van der Waals surface area contributed by atoms with Crippen LogP contribution >= 0.6 is 24.8 Å². The van der Waals surface area contributed by atoms with Gasteiger partial charge in [-0.1, -0.05) is 36.9 Å². The number of halogens is 2. The van der Waals surface area contributed by atoms with E-state index in [1.54, 1.807) is 0 Å². The SMILES string of the molecule is C=Cc1ccc(CC(N)CN)cc1.Cl.Cl. The summed E-state index contributed by atoms with van der Waals surface area (Å²) in [4.78, 5) is 0. The number of benzene rings is 1. The van der Waals surface area contributed by atoms with Crippen molar-refractivity contribution >= 4 is 30.9 Å². The Bertz CT molecular complexity index is 272. The van der Waals surface area contributed by atoms with Crippen LogP contribution in [0.5, 0.6) is 0 Å². The zero-order valence-corrected chi connectivity index (χ0v) is 10.2. The summed E-state index contributed by atoms with van der Waals surface area (Å²) in [5.41, 5.74) is 13.5. The van der Waals surface area contributed by atoms with Gasteiger partial charge in [-0.25, -0.2) is 0 Å². The summed E-state index contributed by atoms with van der Waals surface area (Å²) in [6.07, 6.45) is 2.67. The number of nitrogens with two attached hydrogens (primary N) is 2. The van der Waals surface area contributed by atoms with Crippen LogP contribution in [0.2, 0.25) is 0 Å². The second kappa shape index (κ2) is 8.74. The molecule has 0 heterocycles. The minimum Gasteiger partial charge on any atom is -0.329 e. The van der Waals surface area contributed by atoms with E-state index in [2.05, 4.69) is 18.7 Å². The summed E-state index contributed by atoms with van der Waals surface area (Å²) in [6.45, 7) is 4.22. The molecule has 1 atom stereocenters. The molecule has 1 aromatic rings. The molecular formula is C11H18Cl2N2. The standard InChI is InChI=1S/C11H16N2.2ClH/c1-2-9-3-5-10(6-4-9)7-11(13)8-12;;/h2-6,11H,1,7-8,12-13H2;2*1H. The molecule has 1 aromatic carbocycles. The van der Waals surface area contributed by atoms with Gasteiger partial charge in [0.1, 0.15) is 0 Å². The molecule has 0 saturated carbocycles. The summed E-state index contributed by atoms with van der Waals surface area (Å²) >= 11 is 0. The summed E-state index contributed by atoms with van der Waals surface area (Å²) < 4.78 is 0. The van der Waals surface area contributed by atoms with Crippen LogP contribution in [0.4, 0.5) is 0 Å². The second-order valence-electron chi connectivity index (χ2n) is 3.15. The van der Waals surface area contributed by atoms with Gasteiger partial charge in [0.2, 0.25) is 0 Å². The average molecular weight is 249 g/mol. The van der Waals surface area contributed by atoms with Gasteiger partial charge < -0.3 is 11.5 Å². The van der Waals surface area contributed by atoms with Crippen LogP contribution in [-0.4, -0.2) is 12.6 Å². The highest BCUT2D eigenvalue weighted by molar-refractivity contribution is 5.85. The van der Waals surface area contributed by atoms with E-state index in [0.29, 0.717) is 6.54 Å². The van der Waals surface area contributed by atoms with Crippen LogP contribution in [0, 0.1) is 0 Å². The third-order valence-electron chi connectivity index (χ3n) is 2.02. The van der Waals surface area contributed by atoms with Gasteiger partial charge >= 0.3 is 0 Å². The van der Waals surface area contributed by atoms with Crippen molar-refractivity contribution in [2.75, 3.05) is 6.54 Å². The fourth-order valence-corrected chi connectivity index (χ4v) is 1.18. The van der Waals surface area contributed by atoms with Crippen LogP contribution in [0.25, 0.3) is 6.08 Å². The van der Waals surface area contributed by atoms with E-state index in [1.807, 2.05) is 18.2 Å². The highest BCUT2D eigenvalue weighted by Crippen LogP contribution is 2.06. The largest absolute Gasteiger partial charge is 0.329 e. The quantitative estimate of drug-likeness (QED) is 0.857. The number of hydrogen-bond donors (Lipinski definition) is 2. The van der Waals surface area contributed by atoms with E-state index in [0.717, 1.165) is 12.0 Å². The molecule has 0 aromatic heterocycles. The predicted octanol–water partition coefficient (Wildman–Crippen LogP) is 2.00. The average Bonchev–Trinajstić information content (AvgIpc) is 2.19. The van der Waals surface area contributed by atoms with Gasteiger partial charge in [-0.15, -0.1) is 24.8 Å². The maximum absolute atomic E-state index is 5.73. The van der Waals surface area contributed by atoms with Crippen molar-refractivity contribution in [1.82, 2.24) is 0 Å². The fourth-order valence-electron chi connectivity index (χ4n) is 1.18. The van der Waals surface area contributed by atoms with Crippen molar-refractivity contribution in [3.8, 4) is 0 Å². The fraction of sp³-hybridized carbons (Fsp3) is 0.273. The molecule has 0 aliphatic carbocycles. The van der Waals surface area contributed by atoms with Crippen molar-refractivity contribution in [3.05, 3.63) is 42.0 Å². The molecule has 0 fully saturated rings. The summed E-state index contributed by atoms with van der Waals surface area (Å²) in [5.74, 6) is 0. The lowest BCUT2D eigenvalue weighted by molar-refractivity contribution is 0.678. The Balaban J connectivity index is 0. The molecule has 0 spiro atoms. The summed E-state index contributed by atoms with van der Waals surface area (Å²) in [5, 5.41) is 0. The van der Waals surface area contributed by atoms with Crippen molar-refractivity contribution in [2.45, 2.75) is 12.5 Å². The molecule has 2 nitrogen and oxygen atoms in total. The Labute approximate surface area is 104 Å². The topological polar surface area (TPSA) is 52.0 Å². The van der Waals surface area contributed by atoms with E-state index >= 15 is 0 Å². The monoisotopic (exact) mass is 248 g/mol. The highest BCUT2D eigenvalue weighted by Gasteiger charge is 2.00. The van der Waals surface area contributed by atoms with Gasteiger partial charge in [0.15, 0.2) is 0 Å². The third kappa shape index (κ3) is 5.80. The van der Waals surface area contributed by atoms with Crippen molar-refractivity contribution in [2.24, 2.45) is 11.5 Å². The van der Waals surface area contributed by atoms with Crippen molar-refractivity contribution in [1.29, 1.82) is 0 Å². The normalized spacial score (nSPS) is 10.8. The van der Waals surface area contributed by atoms with Crippen LogP contribution in [0.15, 0.2) is 30.8 Å². The van der Waals surface area contributed by atoms with Gasteiger partial charge in [0, 0.05) is 12.6 Å². The first-order valence-electron chi connectivity index (χ1n) is 4.43. The van der Waals surface area contributed by atoms with E-state index < -0.39 is 0 Å². The van der Waals surface area contributed by atoms with Gasteiger partial charge in [-0.2, -0.15) is 0 Å². The first-order chi connectivity index (χ1) is 6.26. The third-order valence-corrected chi connectivity index (χ3v) is 2.02. The Kier molecular flexibility index (Phi) is 9.84. The molecule has 4 heteroatoms. The van der Waals surface area contributed by atoms with E-state index in [1.165, 1.54) is 5.56 Å². The first-order valence-corrected chi connectivity index (χ1v) is 4.43. The lowest BCUT2D eigenvalue weighted by atomic mass is 10.0. The Morgan fingerprint density at radius 1 is 1.20 bits per heavy atom. The summed E-state index contributed by atoms with van der Waals surface area (Å²) in [7, 11) is 0. The molecule has 0 amide bonds. The van der Waals surface area contributed by atoms with Crippen LogP contribution in [0.3, 0.4) is 0 Å². The maximum atomic E-state index is 5.73. The zero-order chi connectivity index (χ0) is 9.68. The smallest absolute Gasteiger partial charge is 0.0203 e. The molecule has 0 saturated heterocycles. The molecule has 1 rings (SSSR count). The van der Waals surface area contributed by atoms with Crippen LogP contribution in [0.1, 0.15) is 11.1 Å². The molecule has 0 bridgehead atoms. The van der Waals surface area contributed by atoms with E-state index in [4.69, 9.17) is 11.5 Å².